The van der Waals surface area contributed by atoms with E-state index in [-0.39, 0.29) is 12.1 Å². The van der Waals surface area contributed by atoms with E-state index in [2.05, 4.69) is 4.90 Å². The van der Waals surface area contributed by atoms with Crippen LogP contribution in [0.3, 0.4) is 0 Å². The van der Waals surface area contributed by atoms with Crippen LogP contribution in [0.2, 0.25) is 0 Å². The van der Waals surface area contributed by atoms with E-state index in [4.69, 9.17) is 14.1 Å². The van der Waals surface area contributed by atoms with Crippen LogP contribution < -0.4 is 0 Å². The summed E-state index contributed by atoms with van der Waals surface area (Å²) in [6, 6.07) is 10.1. The minimum absolute atomic E-state index is 0.108. The normalized spacial score (nSPS) is 17.7. The minimum Gasteiger partial charge on any atom is -0.444 e. The monoisotopic (exact) mass is 427 g/mol. The summed E-state index contributed by atoms with van der Waals surface area (Å²) in [6.07, 6.45) is 2.02. The van der Waals surface area contributed by atoms with Gasteiger partial charge in [-0.1, -0.05) is 18.2 Å². The van der Waals surface area contributed by atoms with Crippen LogP contribution in [-0.4, -0.2) is 52.2 Å². The Bertz CT molecular complexity index is 855. The number of aryl methyl sites for hydroxylation is 1. The molecule has 6 nitrogen and oxygen atoms in total. The molecule has 0 bridgehead atoms. The predicted octanol–water partition coefficient (Wildman–Crippen LogP) is 5.51. The van der Waals surface area contributed by atoms with E-state index < -0.39 is 5.60 Å². The van der Waals surface area contributed by atoms with Crippen molar-refractivity contribution in [1.29, 1.82) is 0 Å². The third kappa shape index (κ3) is 6.57. The molecule has 2 aromatic rings. The van der Waals surface area contributed by atoms with Crippen LogP contribution in [-0.2, 0) is 11.3 Å². The first-order valence-corrected chi connectivity index (χ1v) is 11.4. The summed E-state index contributed by atoms with van der Waals surface area (Å²) < 4.78 is 11.6. The lowest BCUT2D eigenvalue weighted by Gasteiger charge is -2.37. The van der Waals surface area contributed by atoms with E-state index >= 15 is 0 Å². The first-order valence-electron chi connectivity index (χ1n) is 11.4. The van der Waals surface area contributed by atoms with Crippen LogP contribution in [0.1, 0.15) is 58.9 Å². The minimum atomic E-state index is -0.482. The molecule has 2 heterocycles. The number of likely N-dealkylation sites (tertiary alicyclic amines) is 1. The van der Waals surface area contributed by atoms with Crippen molar-refractivity contribution in [2.75, 3.05) is 19.6 Å². The van der Waals surface area contributed by atoms with Gasteiger partial charge in [-0.05, 0) is 79.0 Å². The fourth-order valence-corrected chi connectivity index (χ4v) is 4.03. The first kappa shape index (κ1) is 23.3. The molecule has 1 fully saturated rings. The number of oxazole rings is 1. The summed E-state index contributed by atoms with van der Waals surface area (Å²) in [5.74, 6) is 1.97. The molecule has 1 aromatic heterocycles. The summed E-state index contributed by atoms with van der Waals surface area (Å²) in [5, 5.41) is 0. The van der Waals surface area contributed by atoms with Crippen molar-refractivity contribution in [1.82, 2.24) is 14.8 Å². The molecule has 0 spiro atoms. The molecule has 3 rings (SSSR count). The van der Waals surface area contributed by atoms with Gasteiger partial charge in [-0.2, -0.15) is 0 Å². The van der Waals surface area contributed by atoms with Crippen LogP contribution in [0.5, 0.6) is 0 Å². The fourth-order valence-electron chi connectivity index (χ4n) is 4.03. The smallest absolute Gasteiger partial charge is 0.410 e. The third-order valence-corrected chi connectivity index (χ3v) is 5.60. The second-order valence-corrected chi connectivity index (χ2v) is 9.86. The Morgan fingerprint density at radius 1 is 1.29 bits per heavy atom. The maximum atomic E-state index is 12.7. The Morgan fingerprint density at radius 2 is 2.00 bits per heavy atom. The molecule has 1 unspecified atom stereocenters. The summed E-state index contributed by atoms with van der Waals surface area (Å²) in [4.78, 5) is 21.8. The van der Waals surface area contributed by atoms with Gasteiger partial charge in [0.05, 0.1) is 5.69 Å². The lowest BCUT2D eigenvalue weighted by atomic mass is 9.97. The highest BCUT2D eigenvalue weighted by atomic mass is 16.6. The highest BCUT2D eigenvalue weighted by Crippen LogP contribution is 2.25. The van der Waals surface area contributed by atoms with Gasteiger partial charge in [0, 0.05) is 31.2 Å². The molecule has 170 valence electrons. The Labute approximate surface area is 186 Å². The van der Waals surface area contributed by atoms with Crippen molar-refractivity contribution in [2.45, 2.75) is 72.6 Å². The maximum Gasteiger partial charge on any atom is 0.410 e. The van der Waals surface area contributed by atoms with E-state index in [0.29, 0.717) is 11.8 Å². The van der Waals surface area contributed by atoms with Crippen LogP contribution in [0.15, 0.2) is 34.7 Å². The number of piperidine rings is 1. The molecule has 31 heavy (non-hydrogen) atoms. The molecule has 1 amide bonds. The zero-order valence-corrected chi connectivity index (χ0v) is 19.9. The van der Waals surface area contributed by atoms with Gasteiger partial charge in [-0.25, -0.2) is 9.78 Å². The van der Waals surface area contributed by atoms with Crippen molar-refractivity contribution in [3.8, 4) is 11.5 Å². The van der Waals surface area contributed by atoms with Crippen LogP contribution in [0.4, 0.5) is 4.79 Å². The average Bonchev–Trinajstić information content (AvgIpc) is 3.06. The number of carbonyl (C=O) groups is 1. The topological polar surface area (TPSA) is 58.8 Å². The van der Waals surface area contributed by atoms with Crippen molar-refractivity contribution < 1.29 is 13.9 Å². The number of amides is 1. The Hall–Kier alpha value is -2.34. The maximum absolute atomic E-state index is 12.7. The first-order chi connectivity index (χ1) is 14.6. The van der Waals surface area contributed by atoms with Gasteiger partial charge in [-0.15, -0.1) is 0 Å². The van der Waals surface area contributed by atoms with Crippen molar-refractivity contribution in [3.63, 3.8) is 0 Å². The lowest BCUT2D eigenvalue weighted by Crippen LogP contribution is -2.47. The lowest BCUT2D eigenvalue weighted by molar-refractivity contribution is 0.0117. The number of benzene rings is 1. The van der Waals surface area contributed by atoms with Gasteiger partial charge in [0.15, 0.2) is 0 Å². The zero-order chi connectivity index (χ0) is 22.6. The third-order valence-electron chi connectivity index (χ3n) is 5.60. The van der Waals surface area contributed by atoms with Crippen molar-refractivity contribution >= 4 is 6.09 Å². The van der Waals surface area contributed by atoms with Crippen LogP contribution >= 0.6 is 0 Å². The standard InChI is InChI=1S/C25H37N3O3/c1-18(2)28(24(29)31-25(4,5)6)16-20-11-10-14-27(15-20)17-22-19(3)30-23(26-22)21-12-8-7-9-13-21/h7-9,12-13,18,20H,10-11,14-17H2,1-6H3. The van der Waals surface area contributed by atoms with Gasteiger partial charge < -0.3 is 14.1 Å². The Balaban J connectivity index is 1.63. The molecular formula is C25H37N3O3. The number of nitrogens with zero attached hydrogens (tertiary/aromatic N) is 3. The zero-order valence-electron chi connectivity index (χ0n) is 19.9. The largest absolute Gasteiger partial charge is 0.444 e. The molecule has 0 aliphatic carbocycles. The van der Waals surface area contributed by atoms with Gasteiger partial charge in [-0.3, -0.25) is 4.90 Å². The van der Waals surface area contributed by atoms with E-state index in [9.17, 15) is 4.79 Å². The molecule has 6 heteroatoms. The molecule has 0 saturated carbocycles. The van der Waals surface area contributed by atoms with Crippen molar-refractivity contribution in [2.24, 2.45) is 5.92 Å². The summed E-state index contributed by atoms with van der Waals surface area (Å²) in [5.41, 5.74) is 1.51. The van der Waals surface area contributed by atoms with E-state index in [1.54, 1.807) is 0 Å². The summed E-state index contributed by atoms with van der Waals surface area (Å²) in [7, 11) is 0. The van der Waals surface area contributed by atoms with Gasteiger partial charge in [0.1, 0.15) is 11.4 Å². The quantitative estimate of drug-likeness (QED) is 0.608. The van der Waals surface area contributed by atoms with E-state index in [0.717, 1.165) is 56.0 Å². The predicted molar refractivity (Wildman–Crippen MR) is 123 cm³/mol. The number of aromatic nitrogens is 1. The SMILES string of the molecule is Cc1oc(-c2ccccc2)nc1CN1CCCC(CN(C(=O)OC(C)(C)C)C(C)C)C1. The molecule has 1 aromatic carbocycles. The average molecular weight is 428 g/mol. The van der Waals surface area contributed by atoms with Gasteiger partial charge >= 0.3 is 6.09 Å². The molecule has 1 saturated heterocycles. The van der Waals surface area contributed by atoms with Gasteiger partial charge in [0.25, 0.3) is 0 Å². The highest BCUT2D eigenvalue weighted by Gasteiger charge is 2.29. The van der Waals surface area contributed by atoms with Crippen LogP contribution in [0.25, 0.3) is 11.5 Å². The molecule has 1 aliphatic rings. The Kier molecular flexibility index (Phi) is 7.42. The molecule has 0 N–H and O–H groups in total. The number of carbonyl (C=O) groups excluding carboxylic acids is 1. The second kappa shape index (κ2) is 9.86. The number of rotatable bonds is 6. The Morgan fingerprint density at radius 3 is 2.65 bits per heavy atom. The number of hydrogen-bond donors (Lipinski definition) is 0. The number of hydrogen-bond acceptors (Lipinski definition) is 5. The molecule has 1 atom stereocenters. The summed E-state index contributed by atoms with van der Waals surface area (Å²) in [6.45, 7) is 15.3. The molecule has 0 radical (unpaired) electrons. The van der Waals surface area contributed by atoms with E-state index in [1.165, 1.54) is 0 Å². The summed E-state index contributed by atoms with van der Waals surface area (Å²) >= 11 is 0. The van der Waals surface area contributed by atoms with Gasteiger partial charge in [0.2, 0.25) is 5.89 Å². The fraction of sp³-hybridized carbons (Fsp3) is 0.600. The van der Waals surface area contributed by atoms with Crippen molar-refractivity contribution in [3.05, 3.63) is 41.8 Å². The molecule has 1 aliphatic heterocycles. The molecular weight excluding hydrogens is 390 g/mol. The van der Waals surface area contributed by atoms with E-state index in [1.807, 2.05) is 76.8 Å². The second-order valence-electron chi connectivity index (χ2n) is 9.86. The number of ether oxygens (including phenoxy) is 1. The highest BCUT2D eigenvalue weighted by molar-refractivity contribution is 5.68. The van der Waals surface area contributed by atoms with Crippen LogP contribution in [0, 0.1) is 12.8 Å².